The van der Waals surface area contributed by atoms with E-state index in [9.17, 15) is 14.4 Å². The summed E-state index contributed by atoms with van der Waals surface area (Å²) < 4.78 is 17.8. The van der Waals surface area contributed by atoms with Gasteiger partial charge in [0.05, 0.1) is 51.5 Å². The van der Waals surface area contributed by atoms with Crippen molar-refractivity contribution in [3.63, 3.8) is 0 Å². The van der Waals surface area contributed by atoms with Crippen LogP contribution in [0.1, 0.15) is 24.5 Å². The van der Waals surface area contributed by atoms with Crippen molar-refractivity contribution < 1.29 is 28.6 Å². The maximum absolute atomic E-state index is 13.2. The third-order valence-electron chi connectivity index (χ3n) is 7.63. The molecule has 0 saturated carbocycles. The van der Waals surface area contributed by atoms with Gasteiger partial charge >= 0.3 is 0 Å². The van der Waals surface area contributed by atoms with Crippen LogP contribution >= 0.6 is 0 Å². The van der Waals surface area contributed by atoms with Gasteiger partial charge in [0.1, 0.15) is 11.5 Å². The van der Waals surface area contributed by atoms with Crippen molar-refractivity contribution in [2.45, 2.75) is 38.5 Å². The SMILES string of the molecule is CCN1CC(=O)N[C@H]2CN(C(=O)CN3CCOCC3)CC[C@@H]2OCc2cccc(c2)Oc2cccc(c2)CC1=O. The highest BCUT2D eigenvalue weighted by atomic mass is 16.5. The topological polar surface area (TPSA) is 101 Å². The normalized spacial score (nSPS) is 23.0. The summed E-state index contributed by atoms with van der Waals surface area (Å²) in [4.78, 5) is 44.9. The molecule has 2 atom stereocenters. The zero-order valence-corrected chi connectivity index (χ0v) is 23.0. The van der Waals surface area contributed by atoms with Crippen LogP contribution in [0, 0.1) is 0 Å². The number of likely N-dealkylation sites (N-methyl/N-ethyl adjacent to an activating group) is 1. The largest absolute Gasteiger partial charge is 0.457 e. The van der Waals surface area contributed by atoms with Crippen molar-refractivity contribution in [1.82, 2.24) is 20.0 Å². The first-order valence-corrected chi connectivity index (χ1v) is 14.1. The molecule has 0 aliphatic carbocycles. The first-order chi connectivity index (χ1) is 19.5. The van der Waals surface area contributed by atoms with E-state index in [0.717, 1.165) is 24.2 Å². The number of ether oxygens (including phenoxy) is 3. The second-order valence-corrected chi connectivity index (χ2v) is 10.5. The fourth-order valence-electron chi connectivity index (χ4n) is 5.39. The van der Waals surface area contributed by atoms with E-state index in [-0.39, 0.29) is 36.8 Å². The number of morpholine rings is 1. The molecular weight excluding hydrogens is 512 g/mol. The van der Waals surface area contributed by atoms with Crippen molar-refractivity contribution in [3.05, 3.63) is 59.7 Å². The molecule has 10 nitrogen and oxygen atoms in total. The highest BCUT2D eigenvalue weighted by Crippen LogP contribution is 2.25. The van der Waals surface area contributed by atoms with E-state index >= 15 is 0 Å². The number of hydrogen-bond acceptors (Lipinski definition) is 7. The number of nitrogens with one attached hydrogen (secondary N) is 1. The molecule has 40 heavy (non-hydrogen) atoms. The van der Waals surface area contributed by atoms with Gasteiger partial charge in [-0.25, -0.2) is 0 Å². The Bertz CT molecular complexity index is 1200. The van der Waals surface area contributed by atoms with Crippen LogP contribution in [-0.4, -0.2) is 104 Å². The lowest BCUT2D eigenvalue weighted by atomic mass is 10.0. The highest BCUT2D eigenvalue weighted by Gasteiger charge is 2.34. The molecule has 1 N–H and O–H groups in total. The Hall–Kier alpha value is -3.47. The smallest absolute Gasteiger partial charge is 0.239 e. The number of likely N-dealkylation sites (tertiary alicyclic amines) is 1. The molecule has 0 spiro atoms. The van der Waals surface area contributed by atoms with Crippen molar-refractivity contribution in [3.8, 4) is 11.5 Å². The van der Waals surface area contributed by atoms with E-state index in [1.807, 2.05) is 60.4 Å². The first kappa shape index (κ1) is 28.1. The van der Waals surface area contributed by atoms with Crippen LogP contribution in [0.25, 0.3) is 0 Å². The highest BCUT2D eigenvalue weighted by molar-refractivity contribution is 5.86. The lowest BCUT2D eigenvalue weighted by molar-refractivity contribution is -0.140. The van der Waals surface area contributed by atoms with E-state index in [4.69, 9.17) is 14.2 Å². The molecule has 10 heteroatoms. The standard InChI is InChI=1S/C30H38N4O6/c1-2-33-19-28(35)31-26-18-34(30(37)20-32-11-13-38-14-12-32)10-9-27(26)39-21-23-6-4-8-25(16-23)40-24-7-3-5-22(15-24)17-29(33)36/h3-8,15-16,26-27H,2,9-14,17-21H2,1H3,(H,31,35)/t26-,27-/m0/s1. The molecular formula is C30H38N4O6. The Morgan fingerprint density at radius 1 is 1.00 bits per heavy atom. The Labute approximate surface area is 235 Å². The van der Waals surface area contributed by atoms with Crippen LogP contribution in [0.2, 0.25) is 0 Å². The van der Waals surface area contributed by atoms with Gasteiger partial charge in [-0.1, -0.05) is 24.3 Å². The summed E-state index contributed by atoms with van der Waals surface area (Å²) in [6, 6.07) is 14.8. The number of fused-ring (bicyclic) bond motifs is 5. The van der Waals surface area contributed by atoms with Crippen LogP contribution < -0.4 is 10.1 Å². The maximum Gasteiger partial charge on any atom is 0.239 e. The second-order valence-electron chi connectivity index (χ2n) is 10.5. The summed E-state index contributed by atoms with van der Waals surface area (Å²) in [7, 11) is 0. The third kappa shape index (κ3) is 7.38. The molecule has 0 unspecified atom stereocenters. The number of carbonyl (C=O) groups is 3. The number of carbonyl (C=O) groups excluding carboxylic acids is 3. The molecule has 3 heterocycles. The molecule has 3 aliphatic heterocycles. The zero-order chi connectivity index (χ0) is 27.9. The Balaban J connectivity index is 1.34. The summed E-state index contributed by atoms with van der Waals surface area (Å²) in [5.41, 5.74) is 1.76. The summed E-state index contributed by atoms with van der Waals surface area (Å²) in [6.45, 7) is 6.53. The van der Waals surface area contributed by atoms with E-state index in [1.165, 1.54) is 0 Å². The van der Waals surface area contributed by atoms with Crippen molar-refractivity contribution in [2.75, 3.05) is 59.0 Å². The number of rotatable bonds is 3. The van der Waals surface area contributed by atoms with Gasteiger partial charge in [-0.15, -0.1) is 0 Å². The van der Waals surface area contributed by atoms with Crippen LogP contribution in [0.5, 0.6) is 11.5 Å². The fraction of sp³-hybridized carbons (Fsp3) is 0.500. The number of piperidine rings is 1. The zero-order valence-electron chi connectivity index (χ0n) is 23.0. The lowest BCUT2D eigenvalue weighted by Gasteiger charge is -2.40. The monoisotopic (exact) mass is 550 g/mol. The van der Waals surface area contributed by atoms with Gasteiger partial charge in [0.15, 0.2) is 0 Å². The minimum absolute atomic E-state index is 0.0370. The molecule has 3 amide bonds. The summed E-state index contributed by atoms with van der Waals surface area (Å²) in [5, 5.41) is 3.09. The molecule has 214 valence electrons. The minimum Gasteiger partial charge on any atom is -0.457 e. The van der Waals surface area contributed by atoms with Gasteiger partial charge in [0.2, 0.25) is 17.7 Å². The van der Waals surface area contributed by atoms with Gasteiger partial charge < -0.3 is 29.3 Å². The summed E-state index contributed by atoms with van der Waals surface area (Å²) >= 11 is 0. The molecule has 2 aromatic rings. The first-order valence-electron chi connectivity index (χ1n) is 14.1. The van der Waals surface area contributed by atoms with Crippen LogP contribution in [-0.2, 0) is 36.9 Å². The Morgan fingerprint density at radius 2 is 1.73 bits per heavy atom. The second kappa shape index (κ2) is 13.3. The average Bonchev–Trinajstić information content (AvgIpc) is 2.95. The van der Waals surface area contributed by atoms with Crippen molar-refractivity contribution in [2.24, 2.45) is 0 Å². The van der Waals surface area contributed by atoms with Crippen molar-refractivity contribution >= 4 is 17.7 Å². The van der Waals surface area contributed by atoms with E-state index < -0.39 is 6.04 Å². The van der Waals surface area contributed by atoms with E-state index in [2.05, 4.69) is 10.2 Å². The molecule has 0 radical (unpaired) electrons. The summed E-state index contributed by atoms with van der Waals surface area (Å²) in [5.74, 6) is 0.953. The lowest BCUT2D eigenvalue weighted by Crippen LogP contribution is -2.59. The summed E-state index contributed by atoms with van der Waals surface area (Å²) in [6.07, 6.45) is 0.479. The number of nitrogens with zero attached hydrogens (tertiary/aromatic N) is 3. The molecule has 2 saturated heterocycles. The van der Waals surface area contributed by atoms with Gasteiger partial charge in [-0.2, -0.15) is 0 Å². The average molecular weight is 551 g/mol. The minimum atomic E-state index is -0.395. The van der Waals surface area contributed by atoms with Gasteiger partial charge in [0.25, 0.3) is 0 Å². The van der Waals surface area contributed by atoms with Crippen LogP contribution in [0.15, 0.2) is 48.5 Å². The van der Waals surface area contributed by atoms with Gasteiger partial charge in [-0.05, 0) is 48.7 Å². The maximum atomic E-state index is 13.2. The van der Waals surface area contributed by atoms with E-state index in [1.54, 1.807) is 4.90 Å². The van der Waals surface area contributed by atoms with Gasteiger partial charge in [0, 0.05) is 32.7 Å². The molecule has 3 aliphatic rings. The Kier molecular flexibility index (Phi) is 9.30. The molecule has 5 rings (SSSR count). The van der Waals surface area contributed by atoms with Gasteiger partial charge in [-0.3, -0.25) is 19.3 Å². The van der Waals surface area contributed by atoms with E-state index in [0.29, 0.717) is 63.9 Å². The predicted molar refractivity (Wildman–Crippen MR) is 148 cm³/mol. The van der Waals surface area contributed by atoms with Crippen LogP contribution in [0.3, 0.4) is 0 Å². The number of benzene rings is 2. The third-order valence-corrected chi connectivity index (χ3v) is 7.63. The van der Waals surface area contributed by atoms with Crippen molar-refractivity contribution in [1.29, 1.82) is 0 Å². The molecule has 2 fully saturated rings. The fourth-order valence-corrected chi connectivity index (χ4v) is 5.39. The Morgan fingerprint density at radius 3 is 2.48 bits per heavy atom. The number of amides is 3. The molecule has 2 aromatic carbocycles. The molecule has 0 aromatic heterocycles. The van der Waals surface area contributed by atoms with Crippen LogP contribution in [0.4, 0.5) is 0 Å². The number of hydrogen-bond donors (Lipinski definition) is 1. The predicted octanol–water partition coefficient (Wildman–Crippen LogP) is 1.82. The quantitative estimate of drug-likeness (QED) is 0.622. The molecule has 4 bridgehead atoms.